The van der Waals surface area contributed by atoms with Gasteiger partial charge >= 0.3 is 0 Å². The molecule has 7 nitrogen and oxygen atoms in total. The van der Waals surface area contributed by atoms with Crippen LogP contribution in [-0.4, -0.2) is 53.4 Å². The van der Waals surface area contributed by atoms with Crippen molar-refractivity contribution >= 4 is 33.6 Å². The van der Waals surface area contributed by atoms with Crippen molar-refractivity contribution in [3.63, 3.8) is 0 Å². The summed E-state index contributed by atoms with van der Waals surface area (Å²) in [4.78, 5) is 35.0. The van der Waals surface area contributed by atoms with Crippen LogP contribution >= 0.6 is 0 Å². The summed E-state index contributed by atoms with van der Waals surface area (Å²) >= 11 is 0. The first-order valence-electron chi connectivity index (χ1n) is 10.3. The predicted molar refractivity (Wildman–Crippen MR) is 118 cm³/mol. The number of H-pyrrole nitrogens is 1. The van der Waals surface area contributed by atoms with Crippen molar-refractivity contribution in [3.8, 4) is 0 Å². The molecule has 0 spiro atoms. The fourth-order valence-corrected chi connectivity index (χ4v) is 4.09. The number of para-hydroxylation sites is 1. The Kier molecular flexibility index (Phi) is 5.07. The molecule has 2 N–H and O–H groups in total. The standard InChI is InChI=1S/C24H21FN4O3/c1-26-23(30)17-12-20(28-19-5-3-2-4-16(17)19)22-13-29(8-9-32-22)24(31)21-11-14-10-15(25)6-7-18(14)27-21/h2-7,10-12,22,27H,8-9,13H2,1H3,(H,26,30)/t22-/m0/s1. The van der Waals surface area contributed by atoms with E-state index in [1.165, 1.54) is 12.1 Å². The Hall–Kier alpha value is -3.78. The predicted octanol–water partition coefficient (Wildman–Crippen LogP) is 3.43. The Labute approximate surface area is 183 Å². The summed E-state index contributed by atoms with van der Waals surface area (Å²) in [5, 5.41) is 4.06. The minimum Gasteiger partial charge on any atom is -0.368 e. The number of amides is 2. The molecule has 1 saturated heterocycles. The van der Waals surface area contributed by atoms with E-state index in [2.05, 4.69) is 10.3 Å². The first-order chi connectivity index (χ1) is 15.5. The Balaban J connectivity index is 1.45. The smallest absolute Gasteiger partial charge is 0.270 e. The maximum atomic E-state index is 13.5. The normalized spacial score (nSPS) is 16.4. The summed E-state index contributed by atoms with van der Waals surface area (Å²) in [6.07, 6.45) is -0.470. The summed E-state index contributed by atoms with van der Waals surface area (Å²) in [5.74, 6) is -0.752. The molecule has 3 heterocycles. The van der Waals surface area contributed by atoms with Gasteiger partial charge in [-0.25, -0.2) is 9.37 Å². The molecule has 0 aliphatic carbocycles. The number of nitrogens with one attached hydrogen (secondary N) is 2. The van der Waals surface area contributed by atoms with Crippen molar-refractivity contribution < 1.29 is 18.7 Å². The van der Waals surface area contributed by atoms with Gasteiger partial charge in [0.05, 0.1) is 29.9 Å². The van der Waals surface area contributed by atoms with Gasteiger partial charge in [-0.1, -0.05) is 18.2 Å². The average Bonchev–Trinajstić information content (AvgIpc) is 3.25. The van der Waals surface area contributed by atoms with Crippen molar-refractivity contribution in [2.75, 3.05) is 26.7 Å². The van der Waals surface area contributed by atoms with Gasteiger partial charge < -0.3 is 19.9 Å². The Morgan fingerprint density at radius 2 is 2.03 bits per heavy atom. The highest BCUT2D eigenvalue weighted by molar-refractivity contribution is 6.06. The first kappa shape index (κ1) is 20.1. The zero-order chi connectivity index (χ0) is 22.2. The SMILES string of the molecule is CNC(=O)c1cc([C@@H]2CN(C(=O)c3cc4cc(F)ccc4[nH]3)CCO2)nc2ccccc12. The van der Waals surface area contributed by atoms with Crippen LogP contribution in [0.5, 0.6) is 0 Å². The van der Waals surface area contributed by atoms with Crippen molar-refractivity contribution in [2.45, 2.75) is 6.10 Å². The number of hydrogen-bond acceptors (Lipinski definition) is 4. The van der Waals surface area contributed by atoms with E-state index >= 15 is 0 Å². The van der Waals surface area contributed by atoms with Crippen molar-refractivity contribution in [1.82, 2.24) is 20.2 Å². The molecule has 1 aliphatic heterocycles. The molecule has 1 aliphatic rings. The lowest BCUT2D eigenvalue weighted by atomic mass is 10.0. The molecule has 2 aromatic carbocycles. The number of ether oxygens (including phenoxy) is 1. The number of nitrogens with zero attached hydrogens (tertiary/aromatic N) is 2. The molecule has 0 saturated carbocycles. The molecule has 4 aromatic rings. The molecular formula is C24H21FN4O3. The first-order valence-corrected chi connectivity index (χ1v) is 10.3. The average molecular weight is 432 g/mol. The molecule has 0 radical (unpaired) electrons. The number of halogens is 1. The second-order valence-corrected chi connectivity index (χ2v) is 7.72. The van der Waals surface area contributed by atoms with Gasteiger partial charge in [0.15, 0.2) is 0 Å². The van der Waals surface area contributed by atoms with Crippen LogP contribution in [0.1, 0.15) is 32.6 Å². The van der Waals surface area contributed by atoms with Crippen molar-refractivity contribution in [1.29, 1.82) is 0 Å². The van der Waals surface area contributed by atoms with E-state index in [0.717, 1.165) is 5.39 Å². The second-order valence-electron chi connectivity index (χ2n) is 7.72. The third-order valence-electron chi connectivity index (χ3n) is 5.70. The molecule has 2 aromatic heterocycles. The molecule has 1 fully saturated rings. The Morgan fingerprint density at radius 1 is 1.19 bits per heavy atom. The van der Waals surface area contributed by atoms with E-state index in [4.69, 9.17) is 9.72 Å². The van der Waals surface area contributed by atoms with Crippen LogP contribution in [0.4, 0.5) is 4.39 Å². The molecule has 1 atom stereocenters. The third-order valence-corrected chi connectivity index (χ3v) is 5.70. The van der Waals surface area contributed by atoms with Gasteiger partial charge in [-0.05, 0) is 36.4 Å². The van der Waals surface area contributed by atoms with Crippen molar-refractivity contribution in [2.24, 2.45) is 0 Å². The molecule has 0 unspecified atom stereocenters. The maximum Gasteiger partial charge on any atom is 0.270 e. The van der Waals surface area contributed by atoms with E-state index in [1.807, 2.05) is 24.3 Å². The van der Waals surface area contributed by atoms with Gasteiger partial charge in [0.25, 0.3) is 11.8 Å². The lowest BCUT2D eigenvalue weighted by Gasteiger charge is -2.32. The number of aromatic amines is 1. The maximum absolute atomic E-state index is 13.5. The van der Waals surface area contributed by atoms with Crippen LogP contribution in [0.15, 0.2) is 54.6 Å². The Morgan fingerprint density at radius 3 is 2.88 bits per heavy atom. The van der Waals surface area contributed by atoms with E-state index in [1.54, 1.807) is 30.1 Å². The van der Waals surface area contributed by atoms with Crippen LogP contribution in [0.3, 0.4) is 0 Å². The minimum atomic E-state index is -0.470. The number of carbonyl (C=O) groups is 2. The van der Waals surface area contributed by atoms with Gasteiger partial charge in [-0.2, -0.15) is 0 Å². The molecule has 2 amide bonds. The van der Waals surface area contributed by atoms with E-state index < -0.39 is 6.10 Å². The summed E-state index contributed by atoms with van der Waals surface area (Å²) in [6, 6.07) is 15.2. The molecule has 8 heteroatoms. The number of aromatic nitrogens is 2. The van der Waals surface area contributed by atoms with Gasteiger partial charge in [-0.3, -0.25) is 9.59 Å². The Bertz CT molecular complexity index is 1350. The van der Waals surface area contributed by atoms with E-state index in [9.17, 15) is 14.0 Å². The number of hydrogen-bond donors (Lipinski definition) is 2. The summed E-state index contributed by atoms with van der Waals surface area (Å²) < 4.78 is 19.4. The number of carbonyl (C=O) groups excluding carboxylic acids is 2. The van der Waals surface area contributed by atoms with Gasteiger partial charge in [0, 0.05) is 29.9 Å². The molecule has 32 heavy (non-hydrogen) atoms. The van der Waals surface area contributed by atoms with E-state index in [-0.39, 0.29) is 17.6 Å². The van der Waals surface area contributed by atoms with E-state index in [0.29, 0.717) is 53.1 Å². The second kappa shape index (κ2) is 8.05. The zero-order valence-corrected chi connectivity index (χ0v) is 17.4. The lowest BCUT2D eigenvalue weighted by molar-refractivity contribution is -0.0247. The quantitative estimate of drug-likeness (QED) is 0.519. The van der Waals surface area contributed by atoms with Crippen LogP contribution < -0.4 is 5.32 Å². The summed E-state index contributed by atoms with van der Waals surface area (Å²) in [6.45, 7) is 1.06. The molecule has 5 rings (SSSR count). The highest BCUT2D eigenvalue weighted by atomic mass is 19.1. The van der Waals surface area contributed by atoms with Crippen LogP contribution in [0.2, 0.25) is 0 Å². The number of benzene rings is 2. The molecular weight excluding hydrogens is 411 g/mol. The molecule has 0 bridgehead atoms. The number of rotatable bonds is 3. The largest absolute Gasteiger partial charge is 0.368 e. The number of pyridine rings is 1. The zero-order valence-electron chi connectivity index (χ0n) is 17.4. The monoisotopic (exact) mass is 432 g/mol. The highest BCUT2D eigenvalue weighted by Gasteiger charge is 2.29. The van der Waals surface area contributed by atoms with Crippen LogP contribution in [0.25, 0.3) is 21.8 Å². The fraction of sp³-hybridized carbons (Fsp3) is 0.208. The fourth-order valence-electron chi connectivity index (χ4n) is 4.09. The van der Waals surface area contributed by atoms with Crippen LogP contribution in [-0.2, 0) is 4.74 Å². The molecule has 162 valence electrons. The van der Waals surface area contributed by atoms with Gasteiger partial charge in [0.1, 0.15) is 17.6 Å². The third kappa shape index (κ3) is 3.58. The number of fused-ring (bicyclic) bond motifs is 2. The van der Waals surface area contributed by atoms with Gasteiger partial charge in [0.2, 0.25) is 0 Å². The van der Waals surface area contributed by atoms with Crippen LogP contribution in [0, 0.1) is 5.82 Å². The van der Waals surface area contributed by atoms with Gasteiger partial charge in [-0.15, -0.1) is 0 Å². The highest BCUT2D eigenvalue weighted by Crippen LogP contribution is 2.27. The number of morpholine rings is 1. The topological polar surface area (TPSA) is 87.3 Å². The minimum absolute atomic E-state index is 0.192. The van der Waals surface area contributed by atoms with Crippen molar-refractivity contribution in [3.05, 3.63) is 77.4 Å². The summed E-state index contributed by atoms with van der Waals surface area (Å²) in [5.41, 5.74) is 2.89. The lowest BCUT2D eigenvalue weighted by Crippen LogP contribution is -2.42. The summed E-state index contributed by atoms with van der Waals surface area (Å²) in [7, 11) is 1.58.